The minimum atomic E-state index is -0.178. The summed E-state index contributed by atoms with van der Waals surface area (Å²) in [6.45, 7) is 1.51. The second kappa shape index (κ2) is 10.1. The van der Waals surface area contributed by atoms with Crippen molar-refractivity contribution in [3.05, 3.63) is 90.0 Å². The maximum atomic E-state index is 12.4. The Kier molecular flexibility index (Phi) is 7.04. The number of amides is 1. The second-order valence-corrected chi connectivity index (χ2v) is 6.12. The maximum absolute atomic E-state index is 12.4. The highest BCUT2D eigenvalue weighted by atomic mass is 16.5. The van der Waals surface area contributed by atoms with E-state index >= 15 is 0 Å². The monoisotopic (exact) mass is 377 g/mol. The van der Waals surface area contributed by atoms with Gasteiger partial charge in [-0.05, 0) is 54.1 Å². The Morgan fingerprint density at radius 2 is 1.43 bits per heavy atom. The average Bonchev–Trinajstić information content (AvgIpc) is 2.75. The van der Waals surface area contributed by atoms with Gasteiger partial charge in [-0.25, -0.2) is 0 Å². The van der Waals surface area contributed by atoms with Crippen molar-refractivity contribution in [3.8, 4) is 11.5 Å². The summed E-state index contributed by atoms with van der Waals surface area (Å²) in [5.41, 5.74) is 2.36. The van der Waals surface area contributed by atoms with Crippen LogP contribution in [0, 0.1) is 0 Å². The van der Waals surface area contributed by atoms with E-state index in [1.807, 2.05) is 42.5 Å². The Balaban J connectivity index is 1.51. The lowest BCUT2D eigenvalue weighted by Crippen LogP contribution is -2.11. The summed E-state index contributed by atoms with van der Waals surface area (Å²) >= 11 is 0. The van der Waals surface area contributed by atoms with E-state index in [4.69, 9.17) is 14.2 Å². The van der Waals surface area contributed by atoms with E-state index in [1.165, 1.54) is 0 Å². The number of anilines is 1. The molecule has 1 amide bonds. The lowest BCUT2D eigenvalue weighted by molar-refractivity contribution is 0.102. The van der Waals surface area contributed by atoms with Crippen LogP contribution in [0.4, 0.5) is 5.69 Å². The molecule has 0 spiro atoms. The second-order valence-electron chi connectivity index (χ2n) is 6.12. The number of ether oxygens (including phenoxy) is 3. The first-order valence-corrected chi connectivity index (χ1v) is 9.04. The zero-order valence-corrected chi connectivity index (χ0v) is 15.8. The number of methoxy groups -OCH3 is 1. The number of nitrogens with one attached hydrogen (secondary N) is 1. The average molecular weight is 377 g/mol. The predicted molar refractivity (Wildman–Crippen MR) is 109 cm³/mol. The molecule has 0 heterocycles. The molecule has 3 rings (SSSR count). The van der Waals surface area contributed by atoms with Crippen LogP contribution in [-0.2, 0) is 11.3 Å². The number of carbonyl (C=O) groups is 1. The molecule has 0 aromatic heterocycles. The summed E-state index contributed by atoms with van der Waals surface area (Å²) < 4.78 is 16.2. The Bertz CT molecular complexity index is 861. The first kappa shape index (κ1) is 19.5. The molecule has 0 fully saturated rings. The van der Waals surface area contributed by atoms with E-state index in [0.29, 0.717) is 31.1 Å². The maximum Gasteiger partial charge on any atom is 0.255 e. The lowest BCUT2D eigenvalue weighted by atomic mass is 10.2. The van der Waals surface area contributed by atoms with Crippen molar-refractivity contribution in [2.45, 2.75) is 6.61 Å². The van der Waals surface area contributed by atoms with Crippen molar-refractivity contribution in [3.63, 3.8) is 0 Å². The van der Waals surface area contributed by atoms with Gasteiger partial charge in [0, 0.05) is 18.4 Å². The Morgan fingerprint density at radius 3 is 2.11 bits per heavy atom. The van der Waals surface area contributed by atoms with Crippen LogP contribution in [-0.4, -0.2) is 26.2 Å². The quantitative estimate of drug-likeness (QED) is 0.556. The number of benzene rings is 3. The van der Waals surface area contributed by atoms with E-state index in [0.717, 1.165) is 17.1 Å². The van der Waals surface area contributed by atoms with Crippen LogP contribution in [0.5, 0.6) is 11.5 Å². The Labute approximate surface area is 164 Å². The van der Waals surface area contributed by atoms with Gasteiger partial charge in [0.25, 0.3) is 5.91 Å². The summed E-state index contributed by atoms with van der Waals surface area (Å²) in [5, 5.41) is 2.87. The highest BCUT2D eigenvalue weighted by Gasteiger charge is 2.07. The van der Waals surface area contributed by atoms with Crippen LogP contribution in [0.1, 0.15) is 15.9 Å². The zero-order chi connectivity index (χ0) is 19.6. The predicted octanol–water partition coefficient (Wildman–Crippen LogP) is 4.54. The molecule has 0 atom stereocenters. The van der Waals surface area contributed by atoms with Gasteiger partial charge >= 0.3 is 0 Å². The topological polar surface area (TPSA) is 56.8 Å². The van der Waals surface area contributed by atoms with Gasteiger partial charge in [0.15, 0.2) is 0 Å². The fraction of sp³-hybridized carbons (Fsp3) is 0.174. The minimum absolute atomic E-state index is 0.178. The molecule has 0 saturated carbocycles. The summed E-state index contributed by atoms with van der Waals surface area (Å²) in [5.74, 6) is 1.27. The van der Waals surface area contributed by atoms with Gasteiger partial charge in [-0.15, -0.1) is 0 Å². The van der Waals surface area contributed by atoms with Crippen LogP contribution in [0.3, 0.4) is 0 Å². The summed E-state index contributed by atoms with van der Waals surface area (Å²) in [4.78, 5) is 12.4. The van der Waals surface area contributed by atoms with Gasteiger partial charge in [-0.2, -0.15) is 0 Å². The Hall–Kier alpha value is -3.31. The van der Waals surface area contributed by atoms with Crippen molar-refractivity contribution >= 4 is 11.6 Å². The number of hydrogen-bond acceptors (Lipinski definition) is 4. The smallest absolute Gasteiger partial charge is 0.255 e. The standard InChI is InChI=1S/C23H23NO4/c1-26-15-16-27-21-13-9-20(10-14-21)24-23(25)19-7-11-22(12-8-19)28-17-18-5-3-2-4-6-18/h2-14H,15-17H2,1H3,(H,24,25). The molecule has 28 heavy (non-hydrogen) atoms. The molecule has 0 bridgehead atoms. The van der Waals surface area contributed by atoms with Crippen LogP contribution in [0.15, 0.2) is 78.9 Å². The molecule has 5 nitrogen and oxygen atoms in total. The molecule has 0 unspecified atom stereocenters. The molecule has 0 radical (unpaired) electrons. The molecule has 1 N–H and O–H groups in total. The SMILES string of the molecule is COCCOc1ccc(NC(=O)c2ccc(OCc3ccccc3)cc2)cc1. The summed E-state index contributed by atoms with van der Waals surface area (Å²) in [6.07, 6.45) is 0. The third-order valence-electron chi connectivity index (χ3n) is 4.03. The van der Waals surface area contributed by atoms with Crippen LogP contribution in [0.25, 0.3) is 0 Å². The lowest BCUT2D eigenvalue weighted by Gasteiger charge is -2.09. The number of hydrogen-bond donors (Lipinski definition) is 1. The van der Waals surface area contributed by atoms with E-state index in [1.54, 1.807) is 43.5 Å². The van der Waals surface area contributed by atoms with Gasteiger partial charge in [0.1, 0.15) is 24.7 Å². The molecule has 0 aliphatic rings. The largest absolute Gasteiger partial charge is 0.491 e. The van der Waals surface area contributed by atoms with Gasteiger partial charge in [0.05, 0.1) is 6.61 Å². The third kappa shape index (κ3) is 5.86. The van der Waals surface area contributed by atoms with Crippen LogP contribution < -0.4 is 14.8 Å². The molecule has 3 aromatic rings. The summed E-state index contributed by atoms with van der Waals surface area (Å²) in [7, 11) is 1.63. The molecule has 5 heteroatoms. The van der Waals surface area contributed by atoms with Crippen molar-refractivity contribution in [2.75, 3.05) is 25.6 Å². The van der Waals surface area contributed by atoms with Crippen molar-refractivity contribution in [2.24, 2.45) is 0 Å². The molecule has 0 aliphatic carbocycles. The van der Waals surface area contributed by atoms with Gasteiger partial charge in [-0.1, -0.05) is 30.3 Å². The summed E-state index contributed by atoms with van der Waals surface area (Å²) in [6, 6.07) is 24.3. The highest BCUT2D eigenvalue weighted by molar-refractivity contribution is 6.04. The van der Waals surface area contributed by atoms with E-state index < -0.39 is 0 Å². The molecule has 3 aromatic carbocycles. The van der Waals surface area contributed by atoms with Crippen molar-refractivity contribution < 1.29 is 19.0 Å². The molecule has 144 valence electrons. The third-order valence-corrected chi connectivity index (χ3v) is 4.03. The van der Waals surface area contributed by atoms with Crippen molar-refractivity contribution in [1.82, 2.24) is 0 Å². The van der Waals surface area contributed by atoms with Crippen molar-refractivity contribution in [1.29, 1.82) is 0 Å². The minimum Gasteiger partial charge on any atom is -0.491 e. The van der Waals surface area contributed by atoms with E-state index in [2.05, 4.69) is 5.32 Å². The molecule has 0 saturated heterocycles. The van der Waals surface area contributed by atoms with E-state index in [-0.39, 0.29) is 5.91 Å². The number of carbonyl (C=O) groups excluding carboxylic acids is 1. The fourth-order valence-corrected chi connectivity index (χ4v) is 2.52. The Morgan fingerprint density at radius 1 is 0.786 bits per heavy atom. The molecule has 0 aliphatic heterocycles. The number of rotatable bonds is 9. The van der Waals surface area contributed by atoms with Gasteiger partial charge < -0.3 is 19.5 Å². The van der Waals surface area contributed by atoms with E-state index in [9.17, 15) is 4.79 Å². The van der Waals surface area contributed by atoms with Crippen LogP contribution in [0.2, 0.25) is 0 Å². The normalized spacial score (nSPS) is 10.3. The first-order chi connectivity index (χ1) is 13.7. The molecular formula is C23H23NO4. The zero-order valence-electron chi connectivity index (χ0n) is 15.8. The van der Waals surface area contributed by atoms with Crippen LogP contribution >= 0.6 is 0 Å². The van der Waals surface area contributed by atoms with Gasteiger partial charge in [0.2, 0.25) is 0 Å². The first-order valence-electron chi connectivity index (χ1n) is 9.04. The van der Waals surface area contributed by atoms with Gasteiger partial charge in [-0.3, -0.25) is 4.79 Å². The molecular weight excluding hydrogens is 354 g/mol. The fourth-order valence-electron chi connectivity index (χ4n) is 2.52. The highest BCUT2D eigenvalue weighted by Crippen LogP contribution is 2.18.